The number of aromatic nitrogens is 2. The van der Waals surface area contributed by atoms with E-state index in [4.69, 9.17) is 9.40 Å². The van der Waals surface area contributed by atoms with Crippen molar-refractivity contribution in [2.75, 3.05) is 0 Å². The van der Waals surface area contributed by atoms with Crippen molar-refractivity contribution >= 4 is 43.7 Å². The largest absolute Gasteiger partial charge is 0.455 e. The van der Waals surface area contributed by atoms with E-state index in [9.17, 15) is 0 Å². The Morgan fingerprint density at radius 2 is 1.33 bits per heavy atom. The van der Waals surface area contributed by atoms with Crippen molar-refractivity contribution in [3.8, 4) is 22.3 Å². The predicted octanol–water partition coefficient (Wildman–Crippen LogP) is 8.02. The summed E-state index contributed by atoms with van der Waals surface area (Å²) in [6.45, 7) is 0. The molecule has 0 fully saturated rings. The Hall–Kier alpha value is -4.50. The van der Waals surface area contributed by atoms with Gasteiger partial charge in [0.2, 0.25) is 0 Å². The van der Waals surface area contributed by atoms with Crippen LogP contribution in [-0.4, -0.2) is 9.97 Å². The summed E-state index contributed by atoms with van der Waals surface area (Å²) in [7, 11) is 0. The van der Waals surface area contributed by atoms with Crippen LogP contribution in [0.5, 0.6) is 0 Å². The van der Waals surface area contributed by atoms with Gasteiger partial charge in [0.05, 0.1) is 11.0 Å². The lowest BCUT2D eigenvalue weighted by Gasteiger charge is -2.08. The summed E-state index contributed by atoms with van der Waals surface area (Å²) in [5, 5.41) is 4.49. The molecule has 4 aromatic carbocycles. The monoisotopic (exact) mass is 422 g/mol. The third kappa shape index (κ3) is 2.83. The van der Waals surface area contributed by atoms with Gasteiger partial charge in [0.15, 0.2) is 0 Å². The van der Waals surface area contributed by atoms with Crippen molar-refractivity contribution in [3.05, 3.63) is 109 Å². The zero-order chi connectivity index (χ0) is 21.8. The molecule has 0 radical (unpaired) electrons. The number of para-hydroxylation sites is 2. The van der Waals surface area contributed by atoms with Crippen molar-refractivity contribution in [1.29, 1.82) is 0 Å². The van der Waals surface area contributed by atoms with Crippen LogP contribution in [0.2, 0.25) is 0 Å². The summed E-state index contributed by atoms with van der Waals surface area (Å²) < 4.78 is 6.22. The highest BCUT2D eigenvalue weighted by atomic mass is 16.3. The number of benzene rings is 4. The van der Waals surface area contributed by atoms with E-state index in [0.717, 1.165) is 66.0 Å². The summed E-state index contributed by atoms with van der Waals surface area (Å²) in [6.07, 6.45) is 3.75. The van der Waals surface area contributed by atoms with Crippen LogP contribution in [0.15, 0.2) is 114 Å². The van der Waals surface area contributed by atoms with Gasteiger partial charge in [0.25, 0.3) is 0 Å². The Balaban J connectivity index is 1.31. The maximum Gasteiger partial charge on any atom is 0.143 e. The number of furan rings is 1. The van der Waals surface area contributed by atoms with E-state index in [1.54, 1.807) is 0 Å². The third-order valence-electron chi connectivity index (χ3n) is 6.36. The lowest BCUT2D eigenvalue weighted by molar-refractivity contribution is 0.670. The van der Waals surface area contributed by atoms with E-state index < -0.39 is 0 Å². The Bertz CT molecular complexity index is 1810. The zero-order valence-corrected chi connectivity index (χ0v) is 17.7. The zero-order valence-electron chi connectivity index (χ0n) is 17.7. The molecule has 0 spiro atoms. The molecule has 0 saturated carbocycles. The fraction of sp³-hybridized carbons (Fsp3) is 0. The maximum atomic E-state index is 6.22. The molecule has 7 aromatic rings. The normalized spacial score (nSPS) is 11.6. The van der Waals surface area contributed by atoms with Gasteiger partial charge in [-0.05, 0) is 29.3 Å². The lowest BCUT2D eigenvalue weighted by Crippen LogP contribution is -1.87. The lowest BCUT2D eigenvalue weighted by atomic mass is 9.98. The summed E-state index contributed by atoms with van der Waals surface area (Å²) in [4.78, 5) is 9.28. The number of pyridine rings is 2. The number of fused-ring (bicyclic) bond motifs is 6. The van der Waals surface area contributed by atoms with Gasteiger partial charge in [0.1, 0.15) is 11.2 Å². The number of rotatable bonds is 2. The highest BCUT2D eigenvalue weighted by Crippen LogP contribution is 2.36. The Kier molecular flexibility index (Phi) is 3.84. The minimum atomic E-state index is 0.917. The van der Waals surface area contributed by atoms with Crippen molar-refractivity contribution in [2.24, 2.45) is 0 Å². The van der Waals surface area contributed by atoms with Crippen LogP contribution in [0.1, 0.15) is 0 Å². The van der Waals surface area contributed by atoms with Crippen LogP contribution in [0.25, 0.3) is 66.0 Å². The van der Waals surface area contributed by atoms with Gasteiger partial charge in [-0.3, -0.25) is 9.97 Å². The molecule has 3 heterocycles. The molecule has 0 saturated heterocycles. The molecule has 0 aliphatic carbocycles. The van der Waals surface area contributed by atoms with Crippen LogP contribution in [0.4, 0.5) is 0 Å². The van der Waals surface area contributed by atoms with Crippen LogP contribution in [0, 0.1) is 0 Å². The highest BCUT2D eigenvalue weighted by Gasteiger charge is 2.12. The topological polar surface area (TPSA) is 38.9 Å². The van der Waals surface area contributed by atoms with E-state index >= 15 is 0 Å². The van der Waals surface area contributed by atoms with Gasteiger partial charge in [-0.25, -0.2) is 0 Å². The van der Waals surface area contributed by atoms with Crippen molar-refractivity contribution in [2.45, 2.75) is 0 Å². The van der Waals surface area contributed by atoms with Crippen molar-refractivity contribution in [1.82, 2.24) is 9.97 Å². The van der Waals surface area contributed by atoms with Crippen LogP contribution < -0.4 is 0 Å². The minimum Gasteiger partial charge on any atom is -0.455 e. The second-order valence-corrected chi connectivity index (χ2v) is 8.29. The van der Waals surface area contributed by atoms with E-state index in [-0.39, 0.29) is 0 Å². The van der Waals surface area contributed by atoms with E-state index in [0.29, 0.717) is 0 Å². The molecule has 0 aliphatic rings. The van der Waals surface area contributed by atoms with Gasteiger partial charge < -0.3 is 4.42 Å². The Labute approximate surface area is 190 Å². The van der Waals surface area contributed by atoms with E-state index in [1.807, 2.05) is 30.6 Å². The van der Waals surface area contributed by atoms with Gasteiger partial charge in [-0.15, -0.1) is 0 Å². The number of hydrogen-bond acceptors (Lipinski definition) is 3. The Morgan fingerprint density at radius 3 is 2.27 bits per heavy atom. The van der Waals surface area contributed by atoms with Crippen LogP contribution >= 0.6 is 0 Å². The first-order valence-corrected chi connectivity index (χ1v) is 11.0. The van der Waals surface area contributed by atoms with Gasteiger partial charge >= 0.3 is 0 Å². The molecule has 0 unspecified atom stereocenters. The highest BCUT2D eigenvalue weighted by molar-refractivity contribution is 6.09. The molecule has 0 atom stereocenters. The fourth-order valence-corrected chi connectivity index (χ4v) is 4.71. The molecular weight excluding hydrogens is 404 g/mol. The van der Waals surface area contributed by atoms with Gasteiger partial charge in [-0.2, -0.15) is 0 Å². The van der Waals surface area contributed by atoms with Crippen LogP contribution in [-0.2, 0) is 0 Å². The fourth-order valence-electron chi connectivity index (χ4n) is 4.71. The maximum absolute atomic E-state index is 6.22. The quantitative estimate of drug-likeness (QED) is 0.265. The summed E-state index contributed by atoms with van der Waals surface area (Å²) in [6, 6.07) is 33.6. The van der Waals surface area contributed by atoms with E-state index in [2.05, 4.69) is 83.8 Å². The molecule has 3 aromatic heterocycles. The number of nitrogens with zero attached hydrogens (tertiary/aromatic N) is 2. The molecule has 3 nitrogen and oxygen atoms in total. The molecule has 7 rings (SSSR count). The molecule has 0 N–H and O–H groups in total. The SMILES string of the molecule is c1cnc2c(c1)ccc1cc(-c3ccc(-c4cccc5c4oc4ccccc45)cc3)cnc12. The molecule has 0 aliphatic heterocycles. The standard InChI is InChI=1S/C30H18N2O/c1-2-9-27-25(6-1)26-8-3-7-24(30(26)33-27)20-12-10-19(11-13-20)23-17-22-15-14-21-5-4-16-31-28(21)29(22)32-18-23/h1-18H. The first-order valence-electron chi connectivity index (χ1n) is 11.0. The van der Waals surface area contributed by atoms with Crippen molar-refractivity contribution < 1.29 is 4.42 Å². The van der Waals surface area contributed by atoms with Crippen molar-refractivity contribution in [3.63, 3.8) is 0 Å². The molecule has 33 heavy (non-hydrogen) atoms. The summed E-state index contributed by atoms with van der Waals surface area (Å²) in [5.74, 6) is 0. The molecule has 3 heteroatoms. The first-order chi connectivity index (χ1) is 16.3. The average molecular weight is 422 g/mol. The summed E-state index contributed by atoms with van der Waals surface area (Å²) in [5.41, 5.74) is 8.17. The molecular formula is C30H18N2O. The number of hydrogen-bond donors (Lipinski definition) is 0. The van der Waals surface area contributed by atoms with Gasteiger partial charge in [-0.1, -0.05) is 78.9 Å². The molecule has 154 valence electrons. The Morgan fingerprint density at radius 1 is 0.545 bits per heavy atom. The third-order valence-corrected chi connectivity index (χ3v) is 6.36. The van der Waals surface area contributed by atoms with Crippen LogP contribution in [0.3, 0.4) is 0 Å². The second-order valence-electron chi connectivity index (χ2n) is 8.29. The van der Waals surface area contributed by atoms with E-state index in [1.165, 1.54) is 0 Å². The molecule has 0 bridgehead atoms. The van der Waals surface area contributed by atoms with Gasteiger partial charge in [0, 0.05) is 45.1 Å². The second kappa shape index (κ2) is 7.01. The smallest absolute Gasteiger partial charge is 0.143 e. The minimum absolute atomic E-state index is 0.917. The predicted molar refractivity (Wildman–Crippen MR) is 135 cm³/mol. The average Bonchev–Trinajstić information content (AvgIpc) is 3.27. The molecule has 0 amide bonds. The first kappa shape index (κ1) is 18.1. The summed E-state index contributed by atoms with van der Waals surface area (Å²) >= 11 is 0.